The molecule has 154 valence electrons. The standard InChI is InChI=1S/C19H23N5O4S/c1-2-27-13-9-24-18(28-10-13)16(8-21-24)29(20,26)23-19(25)22-17-14-5-3-11(14)7-12-4-6-15(12)17/h7-8,13H,2-6,9-10H2,1H3,(H3,20,22,23,25,26). The smallest absolute Gasteiger partial charge is 0.354 e. The highest BCUT2D eigenvalue weighted by atomic mass is 32.2. The molecule has 1 aromatic heterocycles. The van der Waals surface area contributed by atoms with Crippen molar-refractivity contribution in [2.24, 2.45) is 9.50 Å². The second kappa shape index (κ2) is 6.82. The Hall–Kier alpha value is -2.43. The molecule has 0 saturated heterocycles. The van der Waals surface area contributed by atoms with Gasteiger partial charge >= 0.3 is 6.03 Å². The lowest BCUT2D eigenvalue weighted by Gasteiger charge is -2.31. The Labute approximate surface area is 168 Å². The van der Waals surface area contributed by atoms with Crippen LogP contribution in [0.5, 0.6) is 5.88 Å². The summed E-state index contributed by atoms with van der Waals surface area (Å²) in [4.78, 5) is 12.7. The average Bonchev–Trinajstić information content (AvgIpc) is 3.03. The van der Waals surface area contributed by atoms with E-state index in [1.54, 1.807) is 4.68 Å². The highest BCUT2D eigenvalue weighted by Crippen LogP contribution is 2.40. The number of nitrogens with two attached hydrogens (primary N) is 1. The number of rotatable bonds is 4. The number of carbonyl (C=O) groups excluding carboxylic acids is 1. The Balaban J connectivity index is 1.40. The number of anilines is 1. The van der Waals surface area contributed by atoms with Gasteiger partial charge in [-0.15, -0.1) is 4.36 Å². The van der Waals surface area contributed by atoms with Gasteiger partial charge in [0.2, 0.25) is 5.88 Å². The maximum Gasteiger partial charge on any atom is 0.354 e. The fourth-order valence-electron chi connectivity index (χ4n) is 4.11. The van der Waals surface area contributed by atoms with E-state index in [9.17, 15) is 9.00 Å². The normalized spacial score (nSPS) is 20.7. The van der Waals surface area contributed by atoms with E-state index in [4.69, 9.17) is 14.6 Å². The number of fused-ring (bicyclic) bond motifs is 3. The molecule has 0 radical (unpaired) electrons. The molecule has 29 heavy (non-hydrogen) atoms. The zero-order valence-electron chi connectivity index (χ0n) is 16.1. The van der Waals surface area contributed by atoms with Gasteiger partial charge in [0.25, 0.3) is 0 Å². The predicted octanol–water partition coefficient (Wildman–Crippen LogP) is 1.81. The van der Waals surface area contributed by atoms with Gasteiger partial charge in [0.05, 0.1) is 12.7 Å². The van der Waals surface area contributed by atoms with Gasteiger partial charge in [0, 0.05) is 12.3 Å². The first-order valence-electron chi connectivity index (χ1n) is 9.79. The highest BCUT2D eigenvalue weighted by molar-refractivity contribution is 7.91. The van der Waals surface area contributed by atoms with Gasteiger partial charge in [-0.25, -0.2) is 18.8 Å². The number of hydrogen-bond acceptors (Lipinski definition) is 5. The second-order valence-corrected chi connectivity index (χ2v) is 9.26. The molecule has 5 rings (SSSR count). The summed E-state index contributed by atoms with van der Waals surface area (Å²) in [5.41, 5.74) is 5.68. The summed E-state index contributed by atoms with van der Waals surface area (Å²) in [5, 5.41) is 13.0. The molecule has 10 heteroatoms. The van der Waals surface area contributed by atoms with E-state index in [0.29, 0.717) is 19.8 Å². The van der Waals surface area contributed by atoms with Crippen molar-refractivity contribution < 1.29 is 18.5 Å². The van der Waals surface area contributed by atoms with Gasteiger partial charge in [0.1, 0.15) is 17.6 Å². The fraction of sp³-hybridized carbons (Fsp3) is 0.474. The molecule has 0 bridgehead atoms. The van der Waals surface area contributed by atoms with Crippen molar-refractivity contribution in [2.45, 2.75) is 50.2 Å². The van der Waals surface area contributed by atoms with E-state index in [2.05, 4.69) is 20.8 Å². The number of aryl methyl sites for hydroxylation is 2. The molecule has 2 heterocycles. The molecule has 2 aliphatic carbocycles. The lowest BCUT2D eigenvalue weighted by molar-refractivity contribution is -0.00758. The molecule has 9 nitrogen and oxygen atoms in total. The minimum absolute atomic E-state index is 0.122. The molecule has 1 aromatic carbocycles. The number of urea groups is 1. The number of benzene rings is 1. The third-order valence-electron chi connectivity index (χ3n) is 5.73. The van der Waals surface area contributed by atoms with Crippen molar-refractivity contribution in [3.8, 4) is 5.88 Å². The van der Waals surface area contributed by atoms with Crippen molar-refractivity contribution in [3.63, 3.8) is 0 Å². The van der Waals surface area contributed by atoms with Crippen molar-refractivity contribution in [2.75, 3.05) is 18.5 Å². The SMILES string of the molecule is CCOC1COc2c(S(N)(=O)=NC(=O)Nc3c4c(cc5c3CC5)CC4)cnn2C1. The van der Waals surface area contributed by atoms with E-state index < -0.39 is 15.9 Å². The first-order chi connectivity index (χ1) is 14.0. The van der Waals surface area contributed by atoms with E-state index in [0.717, 1.165) is 42.5 Å². The van der Waals surface area contributed by atoms with Crippen molar-refractivity contribution in [3.05, 3.63) is 34.5 Å². The topological polar surface area (TPSA) is 121 Å². The Morgan fingerprint density at radius 1 is 1.38 bits per heavy atom. The number of nitrogens with zero attached hydrogens (tertiary/aromatic N) is 3. The summed E-state index contributed by atoms with van der Waals surface area (Å²) in [6, 6.07) is 1.51. The van der Waals surface area contributed by atoms with Crippen LogP contribution in [0, 0.1) is 0 Å². The summed E-state index contributed by atoms with van der Waals surface area (Å²) in [6.07, 6.45) is 5.13. The predicted molar refractivity (Wildman–Crippen MR) is 106 cm³/mol. The molecule has 1 aliphatic heterocycles. The molecule has 2 amide bonds. The molecule has 0 fully saturated rings. The van der Waals surface area contributed by atoms with Gasteiger partial charge < -0.3 is 14.8 Å². The van der Waals surface area contributed by atoms with Crippen LogP contribution in [0.15, 0.2) is 21.5 Å². The molecular weight excluding hydrogens is 394 g/mol. The second-order valence-electron chi connectivity index (χ2n) is 7.50. The summed E-state index contributed by atoms with van der Waals surface area (Å²) < 4.78 is 29.6. The molecule has 0 saturated carbocycles. The number of nitrogens with one attached hydrogen (secondary N) is 1. The molecule has 2 aromatic rings. The Kier molecular flexibility index (Phi) is 4.37. The number of carbonyl (C=O) groups is 1. The monoisotopic (exact) mass is 417 g/mol. The van der Waals surface area contributed by atoms with E-state index in [1.165, 1.54) is 17.3 Å². The van der Waals surface area contributed by atoms with Gasteiger partial charge in [0.15, 0.2) is 9.92 Å². The van der Waals surface area contributed by atoms with Crippen LogP contribution in [-0.4, -0.2) is 39.3 Å². The zero-order valence-corrected chi connectivity index (χ0v) is 17.0. The molecule has 3 aliphatic rings. The lowest BCUT2D eigenvalue weighted by Crippen LogP contribution is -2.33. The highest BCUT2D eigenvalue weighted by Gasteiger charge is 2.30. The first kappa shape index (κ1) is 18.6. The molecule has 0 spiro atoms. The summed E-state index contributed by atoms with van der Waals surface area (Å²) in [7, 11) is -3.50. The molecule has 3 N–H and O–H groups in total. The van der Waals surface area contributed by atoms with E-state index in [1.807, 2.05) is 6.92 Å². The summed E-state index contributed by atoms with van der Waals surface area (Å²) in [5.74, 6) is 0.276. The largest absolute Gasteiger partial charge is 0.474 e. The quantitative estimate of drug-likeness (QED) is 0.786. The van der Waals surface area contributed by atoms with Crippen LogP contribution in [0.3, 0.4) is 0 Å². The number of aromatic nitrogens is 2. The van der Waals surface area contributed by atoms with Gasteiger partial charge in [-0.3, -0.25) is 0 Å². The Morgan fingerprint density at radius 2 is 2.10 bits per heavy atom. The first-order valence-corrected chi connectivity index (χ1v) is 11.4. The maximum absolute atomic E-state index is 13.0. The fourth-order valence-corrected chi connectivity index (χ4v) is 5.11. The van der Waals surface area contributed by atoms with Gasteiger partial charge in [-0.1, -0.05) is 6.07 Å². The maximum atomic E-state index is 13.0. The van der Waals surface area contributed by atoms with E-state index in [-0.39, 0.29) is 16.9 Å². The van der Waals surface area contributed by atoms with Crippen LogP contribution >= 0.6 is 0 Å². The summed E-state index contributed by atoms with van der Waals surface area (Å²) in [6.45, 7) is 3.24. The van der Waals surface area contributed by atoms with Gasteiger partial charge in [-0.2, -0.15) is 5.10 Å². The molecule has 2 atom stereocenters. The minimum Gasteiger partial charge on any atom is -0.474 e. The lowest BCUT2D eigenvalue weighted by atomic mass is 9.76. The zero-order chi connectivity index (χ0) is 20.2. The third-order valence-corrected chi connectivity index (χ3v) is 7.07. The van der Waals surface area contributed by atoms with Crippen LogP contribution in [0.25, 0.3) is 0 Å². The van der Waals surface area contributed by atoms with Crippen molar-refractivity contribution >= 4 is 21.6 Å². The number of hydrogen-bond donors (Lipinski definition) is 2. The van der Waals surface area contributed by atoms with E-state index >= 15 is 0 Å². The average molecular weight is 417 g/mol. The van der Waals surface area contributed by atoms with Crippen LogP contribution < -0.4 is 15.2 Å². The molecule has 2 unspecified atom stereocenters. The van der Waals surface area contributed by atoms with Crippen LogP contribution in [0.1, 0.15) is 29.2 Å². The van der Waals surface area contributed by atoms with Crippen LogP contribution in [-0.2, 0) is 46.9 Å². The van der Waals surface area contributed by atoms with Crippen LogP contribution in [0.4, 0.5) is 10.5 Å². The van der Waals surface area contributed by atoms with Crippen molar-refractivity contribution in [1.29, 1.82) is 0 Å². The van der Waals surface area contributed by atoms with Crippen LogP contribution in [0.2, 0.25) is 0 Å². The van der Waals surface area contributed by atoms with Crippen molar-refractivity contribution in [1.82, 2.24) is 9.78 Å². The molecular formula is C19H23N5O4S. The Morgan fingerprint density at radius 3 is 2.72 bits per heavy atom. The minimum atomic E-state index is -3.50. The van der Waals surface area contributed by atoms with Gasteiger partial charge in [-0.05, 0) is 54.9 Å². The number of ether oxygens (including phenoxy) is 2. The summed E-state index contributed by atoms with van der Waals surface area (Å²) >= 11 is 0. The number of amides is 2. The Bertz CT molecular complexity index is 1100. The third kappa shape index (κ3) is 3.11.